The largest absolute Gasteiger partial charge is 0.252 e. The first-order valence-corrected chi connectivity index (χ1v) is 5.84. The second-order valence-corrected chi connectivity index (χ2v) is 4.98. The van der Waals surface area contributed by atoms with E-state index in [2.05, 4.69) is 6.58 Å². The van der Waals surface area contributed by atoms with Crippen molar-refractivity contribution in [3.8, 4) is 0 Å². The predicted octanol–water partition coefficient (Wildman–Crippen LogP) is 2.37. The van der Waals surface area contributed by atoms with Gasteiger partial charge < -0.3 is 0 Å². The van der Waals surface area contributed by atoms with Crippen LogP contribution in [0.25, 0.3) is 6.08 Å². The highest BCUT2D eigenvalue weighted by Crippen LogP contribution is 2.15. The molecular weight excluding hydrogens is 222 g/mol. The smallest absolute Gasteiger partial charge is 0.223 e. The molecule has 0 fully saturated rings. The van der Waals surface area contributed by atoms with E-state index in [-0.39, 0.29) is 4.90 Å². The zero-order valence-electron chi connectivity index (χ0n) is 7.86. The summed E-state index contributed by atoms with van der Waals surface area (Å²) in [5.41, 5.74) is 0.742. The van der Waals surface area contributed by atoms with Crippen molar-refractivity contribution in [2.24, 2.45) is 0 Å². The van der Waals surface area contributed by atoms with E-state index in [0.29, 0.717) is 0 Å². The molecule has 0 heterocycles. The number of sulfone groups is 1. The first-order chi connectivity index (χ1) is 6.95. The molecule has 0 saturated carbocycles. The Morgan fingerprint density at radius 1 is 1.27 bits per heavy atom. The van der Waals surface area contributed by atoms with Crippen LogP contribution in [0.1, 0.15) is 5.56 Å². The molecule has 0 aromatic heterocycles. The maximum Gasteiger partial charge on any atom is 0.252 e. The summed E-state index contributed by atoms with van der Waals surface area (Å²) in [6.45, 7) is 3.50. The zero-order valence-corrected chi connectivity index (χ0v) is 8.68. The Morgan fingerprint density at radius 3 is 2.20 bits per heavy atom. The third-order valence-corrected chi connectivity index (χ3v) is 3.50. The Balaban J connectivity index is 3.00. The first-order valence-electron chi connectivity index (χ1n) is 4.19. The molecule has 0 spiro atoms. The molecule has 0 amide bonds. The van der Waals surface area contributed by atoms with Crippen molar-refractivity contribution in [2.45, 2.75) is 11.3 Å². The number of hydrogen-bond donors (Lipinski definition) is 0. The van der Waals surface area contributed by atoms with Gasteiger partial charge in [-0.1, -0.05) is 24.8 Å². The van der Waals surface area contributed by atoms with Crippen LogP contribution in [0, 0.1) is 0 Å². The summed E-state index contributed by atoms with van der Waals surface area (Å²) in [4.78, 5) is -0.0894. The van der Waals surface area contributed by atoms with Crippen LogP contribution in [-0.2, 0) is 9.84 Å². The Kier molecular flexibility index (Phi) is 3.57. The molecule has 0 saturated heterocycles. The predicted molar refractivity (Wildman–Crippen MR) is 54.6 cm³/mol. The highest BCUT2D eigenvalue weighted by Gasteiger charge is 2.19. The lowest BCUT2D eigenvalue weighted by Crippen LogP contribution is -2.13. The Bertz CT molecular complexity index is 435. The number of hydrogen-bond acceptors (Lipinski definition) is 2. The minimum absolute atomic E-state index is 0.0894. The van der Waals surface area contributed by atoms with Gasteiger partial charge in [0.15, 0.2) is 9.84 Å². The second kappa shape index (κ2) is 4.53. The van der Waals surface area contributed by atoms with Gasteiger partial charge in [-0.2, -0.15) is 0 Å². The van der Waals surface area contributed by atoms with Crippen molar-refractivity contribution < 1.29 is 17.2 Å². The fourth-order valence-electron chi connectivity index (χ4n) is 1.07. The molecule has 0 N–H and O–H groups in total. The minimum Gasteiger partial charge on any atom is -0.223 e. The molecule has 82 valence electrons. The van der Waals surface area contributed by atoms with Crippen LogP contribution < -0.4 is 0 Å². The molecule has 0 aliphatic heterocycles. The SMILES string of the molecule is C=Cc1ccc(S(=O)(=O)CC(F)F)cc1. The quantitative estimate of drug-likeness (QED) is 0.798. The second-order valence-electron chi connectivity index (χ2n) is 2.95. The van der Waals surface area contributed by atoms with Gasteiger partial charge in [-0.05, 0) is 17.7 Å². The maximum absolute atomic E-state index is 12.0. The molecule has 0 radical (unpaired) electrons. The molecule has 1 rings (SSSR count). The van der Waals surface area contributed by atoms with Crippen molar-refractivity contribution in [3.05, 3.63) is 36.4 Å². The van der Waals surface area contributed by atoms with Gasteiger partial charge in [-0.15, -0.1) is 0 Å². The average Bonchev–Trinajstić information content (AvgIpc) is 2.16. The summed E-state index contributed by atoms with van der Waals surface area (Å²) in [6.07, 6.45) is -1.31. The summed E-state index contributed by atoms with van der Waals surface area (Å²) in [6, 6.07) is 5.64. The van der Waals surface area contributed by atoms with Crippen molar-refractivity contribution in [3.63, 3.8) is 0 Å². The Morgan fingerprint density at radius 2 is 1.80 bits per heavy atom. The van der Waals surface area contributed by atoms with Crippen LogP contribution in [-0.4, -0.2) is 20.6 Å². The standard InChI is InChI=1S/C10H10F2O2S/c1-2-8-3-5-9(6-4-8)15(13,14)7-10(11)12/h2-6,10H,1,7H2. The van der Waals surface area contributed by atoms with Crippen LogP contribution in [0.2, 0.25) is 0 Å². The van der Waals surface area contributed by atoms with Gasteiger partial charge in [0, 0.05) is 0 Å². The van der Waals surface area contributed by atoms with Crippen molar-refractivity contribution in [1.82, 2.24) is 0 Å². The van der Waals surface area contributed by atoms with E-state index in [1.54, 1.807) is 6.08 Å². The van der Waals surface area contributed by atoms with Crippen LogP contribution in [0.5, 0.6) is 0 Å². The van der Waals surface area contributed by atoms with Crippen molar-refractivity contribution in [1.29, 1.82) is 0 Å². The fourth-order valence-corrected chi connectivity index (χ4v) is 2.15. The van der Waals surface area contributed by atoms with E-state index in [4.69, 9.17) is 0 Å². The van der Waals surface area contributed by atoms with E-state index in [1.807, 2.05) is 0 Å². The van der Waals surface area contributed by atoms with E-state index >= 15 is 0 Å². The lowest BCUT2D eigenvalue weighted by molar-refractivity contribution is 0.174. The van der Waals surface area contributed by atoms with Crippen LogP contribution >= 0.6 is 0 Å². The highest BCUT2D eigenvalue weighted by molar-refractivity contribution is 7.91. The minimum atomic E-state index is -3.87. The van der Waals surface area contributed by atoms with E-state index in [9.17, 15) is 17.2 Å². The molecule has 0 unspecified atom stereocenters. The molecule has 1 aromatic carbocycles. The molecule has 0 aliphatic carbocycles. The van der Waals surface area contributed by atoms with Gasteiger partial charge in [-0.25, -0.2) is 17.2 Å². The summed E-state index contributed by atoms with van der Waals surface area (Å²) in [5.74, 6) is -1.14. The van der Waals surface area contributed by atoms with Gasteiger partial charge >= 0.3 is 0 Å². The first kappa shape index (κ1) is 11.8. The van der Waals surface area contributed by atoms with Gasteiger partial charge in [0.05, 0.1) is 4.90 Å². The Hall–Kier alpha value is -1.23. The van der Waals surface area contributed by atoms with Crippen LogP contribution in [0.4, 0.5) is 8.78 Å². The van der Waals surface area contributed by atoms with Gasteiger partial charge in [0.25, 0.3) is 6.43 Å². The monoisotopic (exact) mass is 232 g/mol. The number of alkyl halides is 2. The van der Waals surface area contributed by atoms with Crippen LogP contribution in [0.3, 0.4) is 0 Å². The van der Waals surface area contributed by atoms with E-state index in [0.717, 1.165) is 5.56 Å². The zero-order chi connectivity index (χ0) is 11.5. The topological polar surface area (TPSA) is 34.1 Å². The molecule has 2 nitrogen and oxygen atoms in total. The number of halogens is 2. The van der Waals surface area contributed by atoms with Gasteiger partial charge in [0.1, 0.15) is 5.75 Å². The molecule has 0 bridgehead atoms. The molecular formula is C10H10F2O2S. The number of benzene rings is 1. The summed E-state index contributed by atoms with van der Waals surface area (Å²) < 4.78 is 46.6. The van der Waals surface area contributed by atoms with Gasteiger partial charge in [-0.3, -0.25) is 0 Å². The molecule has 5 heteroatoms. The summed E-state index contributed by atoms with van der Waals surface area (Å²) in [5, 5.41) is 0. The summed E-state index contributed by atoms with van der Waals surface area (Å²) in [7, 11) is -3.87. The third-order valence-electron chi connectivity index (χ3n) is 1.82. The van der Waals surface area contributed by atoms with E-state index in [1.165, 1.54) is 24.3 Å². The molecule has 1 aromatic rings. The molecule has 0 aliphatic rings. The van der Waals surface area contributed by atoms with Crippen LogP contribution in [0.15, 0.2) is 35.7 Å². The Labute approximate surface area is 87.2 Å². The fraction of sp³-hybridized carbons (Fsp3) is 0.200. The lowest BCUT2D eigenvalue weighted by Gasteiger charge is -2.03. The third kappa shape index (κ3) is 3.13. The summed E-state index contributed by atoms with van der Waals surface area (Å²) >= 11 is 0. The molecule has 0 atom stereocenters. The highest BCUT2D eigenvalue weighted by atomic mass is 32.2. The van der Waals surface area contributed by atoms with E-state index < -0.39 is 22.0 Å². The number of rotatable bonds is 4. The molecule has 15 heavy (non-hydrogen) atoms. The lowest BCUT2D eigenvalue weighted by atomic mass is 10.2. The maximum atomic E-state index is 12.0. The van der Waals surface area contributed by atoms with Gasteiger partial charge in [0.2, 0.25) is 0 Å². The normalized spacial score (nSPS) is 11.7. The van der Waals surface area contributed by atoms with Crippen molar-refractivity contribution >= 4 is 15.9 Å². The van der Waals surface area contributed by atoms with Crippen molar-refractivity contribution in [2.75, 3.05) is 5.75 Å². The average molecular weight is 232 g/mol.